The standard InChI is InChI=1S/C9H13N2O2P.Na.H/c1-2-9(13-14-12)11-10-8-6-4-3-5-7-8;;/h3-7,10H,2,14H2,1H3;;. The molecule has 0 spiro atoms. The quantitative estimate of drug-likeness (QED) is 0.285. The van der Waals surface area contributed by atoms with Gasteiger partial charge in [0, 0.05) is 6.42 Å². The minimum atomic E-state index is -1.24. The summed E-state index contributed by atoms with van der Waals surface area (Å²) in [4.78, 5) is 0. The van der Waals surface area contributed by atoms with E-state index in [1.807, 2.05) is 37.3 Å². The molecular weight excluding hydrogens is 222 g/mol. The fourth-order valence-corrected chi connectivity index (χ4v) is 1.21. The Bertz CT molecular complexity index is 319. The second-order valence-electron chi connectivity index (χ2n) is 2.55. The summed E-state index contributed by atoms with van der Waals surface area (Å²) in [7, 11) is -1.24. The summed E-state index contributed by atoms with van der Waals surface area (Å²) in [6.45, 7) is 1.89. The third kappa shape index (κ3) is 6.00. The Morgan fingerprint density at radius 2 is 2.13 bits per heavy atom. The van der Waals surface area contributed by atoms with Crippen molar-refractivity contribution in [3.05, 3.63) is 30.3 Å². The van der Waals surface area contributed by atoms with Crippen LogP contribution in [0.4, 0.5) is 5.69 Å². The number of benzene rings is 1. The van der Waals surface area contributed by atoms with Crippen LogP contribution in [0.15, 0.2) is 35.4 Å². The topological polar surface area (TPSA) is 50.7 Å². The number of nitrogens with one attached hydrogen (secondary N) is 1. The molecule has 0 aliphatic heterocycles. The molecule has 0 aliphatic carbocycles. The van der Waals surface area contributed by atoms with E-state index in [-0.39, 0.29) is 29.6 Å². The van der Waals surface area contributed by atoms with E-state index in [2.05, 4.69) is 10.5 Å². The summed E-state index contributed by atoms with van der Waals surface area (Å²) < 4.78 is 15.1. The molecular formula is C9H14N2NaO2P. The summed E-state index contributed by atoms with van der Waals surface area (Å²) in [5.41, 5.74) is 3.70. The maximum absolute atomic E-state index is 10.3. The van der Waals surface area contributed by atoms with E-state index >= 15 is 0 Å². The molecule has 0 radical (unpaired) electrons. The van der Waals surface area contributed by atoms with Gasteiger partial charge in [0.05, 0.1) is 5.69 Å². The molecule has 0 heterocycles. The van der Waals surface area contributed by atoms with Gasteiger partial charge in [0.25, 0.3) is 0 Å². The van der Waals surface area contributed by atoms with Crippen molar-refractivity contribution in [2.75, 3.05) is 5.43 Å². The third-order valence-electron chi connectivity index (χ3n) is 1.57. The zero-order chi connectivity index (χ0) is 10.2. The predicted molar refractivity (Wildman–Crippen MR) is 66.4 cm³/mol. The van der Waals surface area contributed by atoms with Crippen LogP contribution < -0.4 is 5.43 Å². The minimum absolute atomic E-state index is 0. The first-order valence-electron chi connectivity index (χ1n) is 4.34. The molecule has 0 fully saturated rings. The van der Waals surface area contributed by atoms with Gasteiger partial charge in [0.2, 0.25) is 14.6 Å². The fourth-order valence-electron chi connectivity index (χ4n) is 0.884. The van der Waals surface area contributed by atoms with Crippen LogP contribution in [0.3, 0.4) is 0 Å². The van der Waals surface area contributed by atoms with Crippen molar-refractivity contribution in [1.29, 1.82) is 0 Å². The van der Waals surface area contributed by atoms with E-state index in [9.17, 15) is 4.57 Å². The van der Waals surface area contributed by atoms with Crippen molar-refractivity contribution in [2.45, 2.75) is 13.3 Å². The number of para-hydroxylation sites is 1. The molecule has 1 aromatic rings. The van der Waals surface area contributed by atoms with Gasteiger partial charge in [-0.15, -0.1) is 5.10 Å². The van der Waals surface area contributed by atoms with Crippen molar-refractivity contribution >= 4 is 49.8 Å². The Morgan fingerprint density at radius 3 is 2.67 bits per heavy atom. The normalized spacial score (nSPS) is 11.1. The molecule has 0 amide bonds. The van der Waals surface area contributed by atoms with Crippen molar-refractivity contribution < 1.29 is 9.09 Å². The summed E-state index contributed by atoms with van der Waals surface area (Å²) in [6.07, 6.45) is 0.620. The van der Waals surface area contributed by atoms with Gasteiger partial charge in [0.1, 0.15) is 0 Å². The molecule has 0 saturated heterocycles. The van der Waals surface area contributed by atoms with E-state index in [1.165, 1.54) is 0 Å². The average molecular weight is 236 g/mol. The van der Waals surface area contributed by atoms with Gasteiger partial charge in [-0.2, -0.15) is 0 Å². The molecule has 0 aromatic heterocycles. The number of hydrazone groups is 1. The predicted octanol–water partition coefficient (Wildman–Crippen LogP) is 1.86. The summed E-state index contributed by atoms with van der Waals surface area (Å²) in [5, 5.41) is 3.97. The second kappa shape index (κ2) is 8.98. The summed E-state index contributed by atoms with van der Waals surface area (Å²) in [5.74, 6) is 0.457. The Labute approximate surface area is 113 Å². The number of rotatable bonds is 4. The van der Waals surface area contributed by atoms with Crippen LogP contribution in [0.1, 0.15) is 13.3 Å². The number of anilines is 1. The molecule has 0 saturated carbocycles. The van der Waals surface area contributed by atoms with E-state index < -0.39 is 8.69 Å². The molecule has 1 atom stereocenters. The molecule has 78 valence electrons. The summed E-state index contributed by atoms with van der Waals surface area (Å²) in [6, 6.07) is 9.52. The van der Waals surface area contributed by atoms with E-state index in [0.717, 1.165) is 5.69 Å². The third-order valence-corrected chi connectivity index (χ3v) is 1.94. The van der Waals surface area contributed by atoms with Gasteiger partial charge in [-0.1, -0.05) is 25.1 Å². The molecule has 6 heteroatoms. The molecule has 1 N–H and O–H groups in total. The molecule has 1 aromatic carbocycles. The first-order chi connectivity index (χ1) is 6.86. The van der Waals surface area contributed by atoms with Crippen LogP contribution in [-0.2, 0) is 9.09 Å². The van der Waals surface area contributed by atoms with Crippen molar-refractivity contribution in [3.8, 4) is 0 Å². The Hall–Kier alpha value is -0.280. The van der Waals surface area contributed by atoms with Crippen molar-refractivity contribution in [3.63, 3.8) is 0 Å². The van der Waals surface area contributed by atoms with Crippen LogP contribution in [0, 0.1) is 0 Å². The fraction of sp³-hybridized carbons (Fsp3) is 0.222. The van der Waals surface area contributed by atoms with Crippen molar-refractivity contribution in [2.24, 2.45) is 5.10 Å². The van der Waals surface area contributed by atoms with Gasteiger partial charge in [-0.3, -0.25) is 9.99 Å². The Morgan fingerprint density at radius 1 is 1.47 bits per heavy atom. The molecule has 15 heavy (non-hydrogen) atoms. The molecule has 1 unspecified atom stereocenters. The number of hydrogen-bond acceptors (Lipinski definition) is 4. The first kappa shape index (κ1) is 14.7. The second-order valence-corrected chi connectivity index (χ2v) is 2.98. The van der Waals surface area contributed by atoms with E-state index in [1.54, 1.807) is 0 Å². The van der Waals surface area contributed by atoms with Crippen LogP contribution >= 0.6 is 8.69 Å². The molecule has 1 rings (SSSR count). The van der Waals surface area contributed by atoms with E-state index in [0.29, 0.717) is 12.3 Å². The zero-order valence-electron chi connectivity index (χ0n) is 7.93. The SMILES string of the molecule is CCC(=NNc1ccccc1)O[PH2]=O.[NaH]. The first-order valence-corrected chi connectivity index (χ1v) is 5.29. The van der Waals surface area contributed by atoms with Crippen LogP contribution in [-0.4, -0.2) is 35.5 Å². The zero-order valence-corrected chi connectivity index (χ0v) is 9.09. The maximum atomic E-state index is 10.3. The Kier molecular flexibility index (Phi) is 8.82. The average Bonchev–Trinajstić information content (AvgIpc) is 2.25. The van der Waals surface area contributed by atoms with Crippen LogP contribution in [0.5, 0.6) is 0 Å². The molecule has 4 nitrogen and oxygen atoms in total. The van der Waals surface area contributed by atoms with Gasteiger partial charge in [0.15, 0.2) is 0 Å². The molecule has 0 bridgehead atoms. The summed E-state index contributed by atoms with van der Waals surface area (Å²) >= 11 is 0. The van der Waals surface area contributed by atoms with Gasteiger partial charge < -0.3 is 4.52 Å². The number of nitrogens with zero attached hydrogens (tertiary/aromatic N) is 1. The molecule has 0 aliphatic rings. The van der Waals surface area contributed by atoms with Gasteiger partial charge in [-0.05, 0) is 12.1 Å². The monoisotopic (exact) mass is 236 g/mol. The van der Waals surface area contributed by atoms with Crippen molar-refractivity contribution in [1.82, 2.24) is 0 Å². The van der Waals surface area contributed by atoms with Crippen LogP contribution in [0.25, 0.3) is 0 Å². The van der Waals surface area contributed by atoms with E-state index in [4.69, 9.17) is 4.52 Å². The van der Waals surface area contributed by atoms with Gasteiger partial charge >= 0.3 is 29.6 Å². The van der Waals surface area contributed by atoms with Crippen LogP contribution in [0.2, 0.25) is 0 Å². The Balaban J connectivity index is 0.00000196. The number of hydrogen-bond donors (Lipinski definition) is 1. The van der Waals surface area contributed by atoms with Gasteiger partial charge in [-0.25, -0.2) is 0 Å².